The molecule has 0 unspecified atom stereocenters. The van der Waals surface area contributed by atoms with Crippen LogP contribution < -0.4 is 5.73 Å². The van der Waals surface area contributed by atoms with Gasteiger partial charge < -0.3 is 5.73 Å². The fourth-order valence-corrected chi connectivity index (χ4v) is 1.44. The van der Waals surface area contributed by atoms with E-state index in [2.05, 4.69) is 9.36 Å². The predicted octanol–water partition coefficient (Wildman–Crippen LogP) is 0.514. The molecule has 58 valence electrons. The van der Waals surface area contributed by atoms with E-state index in [0.29, 0.717) is 10.9 Å². The molecule has 11 heavy (non-hydrogen) atoms. The van der Waals surface area contributed by atoms with E-state index in [1.165, 1.54) is 0 Å². The number of carbonyl (C=O) groups is 1. The number of hydrogen-bond donors (Lipinski definition) is 1. The van der Waals surface area contributed by atoms with Gasteiger partial charge in [-0.1, -0.05) is 0 Å². The maximum atomic E-state index is 10.6. The third-order valence-electron chi connectivity index (χ3n) is 1.60. The van der Waals surface area contributed by atoms with E-state index < -0.39 is 5.91 Å². The van der Waals surface area contributed by atoms with E-state index in [0.717, 1.165) is 30.2 Å². The molecule has 0 atom stereocenters. The van der Waals surface area contributed by atoms with Crippen LogP contribution in [0, 0.1) is 0 Å². The molecule has 1 amide bonds. The molecule has 4 nitrogen and oxygen atoms in total. The maximum absolute atomic E-state index is 10.6. The van der Waals surface area contributed by atoms with Crippen molar-refractivity contribution in [2.24, 2.45) is 5.73 Å². The lowest BCUT2D eigenvalue weighted by atomic mass is 10.4. The second kappa shape index (κ2) is 2.27. The van der Waals surface area contributed by atoms with E-state index >= 15 is 0 Å². The van der Waals surface area contributed by atoms with Crippen LogP contribution >= 0.6 is 11.5 Å². The van der Waals surface area contributed by atoms with Crippen LogP contribution in [0.4, 0.5) is 0 Å². The van der Waals surface area contributed by atoms with Crippen molar-refractivity contribution in [3.63, 3.8) is 0 Å². The summed E-state index contributed by atoms with van der Waals surface area (Å²) in [6, 6.07) is 0. The number of rotatable bonds is 2. The Kier molecular flexibility index (Phi) is 1.38. The summed E-state index contributed by atoms with van der Waals surface area (Å²) in [5.41, 5.74) is 5.02. The SMILES string of the molecule is NC(=O)c1nc(C2CC2)ns1. The van der Waals surface area contributed by atoms with Gasteiger partial charge in [0.15, 0.2) is 0 Å². The molecule has 0 radical (unpaired) electrons. The molecule has 1 fully saturated rings. The van der Waals surface area contributed by atoms with Crippen molar-refractivity contribution in [1.82, 2.24) is 9.36 Å². The Morgan fingerprint density at radius 2 is 2.36 bits per heavy atom. The fraction of sp³-hybridized carbons (Fsp3) is 0.500. The summed E-state index contributed by atoms with van der Waals surface area (Å²) in [6.07, 6.45) is 2.30. The third kappa shape index (κ3) is 1.23. The van der Waals surface area contributed by atoms with E-state index in [4.69, 9.17) is 5.73 Å². The summed E-state index contributed by atoms with van der Waals surface area (Å²) < 4.78 is 4.03. The molecule has 0 aromatic carbocycles. The minimum absolute atomic E-state index is 0.326. The minimum Gasteiger partial charge on any atom is -0.363 e. The van der Waals surface area contributed by atoms with Gasteiger partial charge in [-0.05, 0) is 24.4 Å². The van der Waals surface area contributed by atoms with Gasteiger partial charge in [-0.25, -0.2) is 4.98 Å². The first-order chi connectivity index (χ1) is 5.27. The average molecular weight is 169 g/mol. The number of hydrogen-bond acceptors (Lipinski definition) is 4. The largest absolute Gasteiger partial charge is 0.363 e. The predicted molar refractivity (Wildman–Crippen MR) is 40.4 cm³/mol. The van der Waals surface area contributed by atoms with E-state index in [1.807, 2.05) is 0 Å². The van der Waals surface area contributed by atoms with Crippen molar-refractivity contribution in [2.45, 2.75) is 18.8 Å². The average Bonchev–Trinajstić information content (AvgIpc) is 2.68. The van der Waals surface area contributed by atoms with E-state index in [-0.39, 0.29) is 0 Å². The maximum Gasteiger partial charge on any atom is 0.279 e. The summed E-state index contributed by atoms with van der Waals surface area (Å²) in [4.78, 5) is 14.6. The highest BCUT2D eigenvalue weighted by Gasteiger charge is 2.28. The zero-order valence-electron chi connectivity index (χ0n) is 5.78. The molecule has 0 spiro atoms. The van der Waals surface area contributed by atoms with Gasteiger partial charge in [0.2, 0.25) is 5.01 Å². The topological polar surface area (TPSA) is 68.9 Å². The molecule has 1 aliphatic rings. The summed E-state index contributed by atoms with van der Waals surface area (Å²) in [5.74, 6) is 0.817. The molecule has 5 heteroatoms. The van der Waals surface area contributed by atoms with Crippen LogP contribution in [-0.2, 0) is 0 Å². The normalized spacial score (nSPS) is 16.7. The van der Waals surface area contributed by atoms with Crippen molar-refractivity contribution in [1.29, 1.82) is 0 Å². The van der Waals surface area contributed by atoms with Gasteiger partial charge in [-0.3, -0.25) is 4.79 Å². The zero-order chi connectivity index (χ0) is 7.84. The second-order valence-corrected chi connectivity index (χ2v) is 3.35. The quantitative estimate of drug-likeness (QED) is 0.701. The Hall–Kier alpha value is -0.970. The van der Waals surface area contributed by atoms with Crippen LogP contribution in [0.3, 0.4) is 0 Å². The number of nitrogens with zero attached hydrogens (tertiary/aromatic N) is 2. The number of aromatic nitrogens is 2. The Bertz CT molecular complexity index is 292. The zero-order valence-corrected chi connectivity index (χ0v) is 6.60. The first-order valence-electron chi connectivity index (χ1n) is 3.41. The fourth-order valence-electron chi connectivity index (χ4n) is 0.842. The van der Waals surface area contributed by atoms with Crippen LogP contribution in [0.15, 0.2) is 0 Å². The van der Waals surface area contributed by atoms with Crippen molar-refractivity contribution in [3.05, 3.63) is 10.8 Å². The molecule has 2 rings (SSSR count). The van der Waals surface area contributed by atoms with Crippen molar-refractivity contribution in [3.8, 4) is 0 Å². The van der Waals surface area contributed by atoms with Gasteiger partial charge >= 0.3 is 0 Å². The number of primary amides is 1. The summed E-state index contributed by atoms with van der Waals surface area (Å²) >= 11 is 1.09. The van der Waals surface area contributed by atoms with Crippen LogP contribution in [0.25, 0.3) is 0 Å². The van der Waals surface area contributed by atoms with Gasteiger partial charge in [0, 0.05) is 5.92 Å². The Labute approximate surface area is 67.6 Å². The second-order valence-electron chi connectivity index (χ2n) is 2.60. The summed E-state index contributed by atoms with van der Waals surface area (Å²) in [5, 5.41) is 0.326. The monoisotopic (exact) mass is 169 g/mol. The molecule has 1 aliphatic carbocycles. The molecule has 1 heterocycles. The molecule has 1 saturated carbocycles. The Morgan fingerprint density at radius 3 is 2.82 bits per heavy atom. The van der Waals surface area contributed by atoms with Crippen molar-refractivity contribution < 1.29 is 4.79 Å². The first-order valence-corrected chi connectivity index (χ1v) is 4.18. The molecule has 0 saturated heterocycles. The number of nitrogens with two attached hydrogens (primary N) is 1. The molecular weight excluding hydrogens is 162 g/mol. The minimum atomic E-state index is -0.477. The molecular formula is C6H7N3OS. The number of amides is 1. The Balaban J connectivity index is 2.25. The highest BCUT2D eigenvalue weighted by atomic mass is 32.1. The van der Waals surface area contributed by atoms with Crippen LogP contribution in [0.5, 0.6) is 0 Å². The first kappa shape index (κ1) is 6.72. The van der Waals surface area contributed by atoms with Crippen molar-refractivity contribution in [2.75, 3.05) is 0 Å². The van der Waals surface area contributed by atoms with Gasteiger partial charge in [0.05, 0.1) is 0 Å². The molecule has 0 aliphatic heterocycles. The number of carbonyl (C=O) groups excluding carboxylic acids is 1. The Morgan fingerprint density at radius 1 is 1.64 bits per heavy atom. The third-order valence-corrected chi connectivity index (χ3v) is 2.34. The van der Waals surface area contributed by atoms with Crippen molar-refractivity contribution >= 4 is 17.4 Å². The summed E-state index contributed by atoms with van der Waals surface area (Å²) in [6.45, 7) is 0. The highest BCUT2D eigenvalue weighted by molar-refractivity contribution is 7.07. The molecule has 2 N–H and O–H groups in total. The standard InChI is InChI=1S/C6H7N3OS/c7-4(10)6-8-5(9-11-6)3-1-2-3/h3H,1-2H2,(H2,7,10). The van der Waals surface area contributed by atoms with E-state index in [9.17, 15) is 4.79 Å². The molecule has 0 bridgehead atoms. The smallest absolute Gasteiger partial charge is 0.279 e. The highest BCUT2D eigenvalue weighted by Crippen LogP contribution is 2.38. The van der Waals surface area contributed by atoms with Gasteiger partial charge in [0.1, 0.15) is 5.82 Å². The van der Waals surface area contributed by atoms with Gasteiger partial charge in [-0.2, -0.15) is 4.37 Å². The van der Waals surface area contributed by atoms with Crippen LogP contribution in [-0.4, -0.2) is 15.3 Å². The van der Waals surface area contributed by atoms with Crippen LogP contribution in [0.2, 0.25) is 0 Å². The van der Waals surface area contributed by atoms with Crippen LogP contribution in [0.1, 0.15) is 34.4 Å². The summed E-state index contributed by atoms with van der Waals surface area (Å²) in [7, 11) is 0. The molecule has 1 aromatic heterocycles. The lowest BCUT2D eigenvalue weighted by Gasteiger charge is -1.82. The van der Waals surface area contributed by atoms with Gasteiger partial charge in [-0.15, -0.1) is 0 Å². The molecule has 1 aromatic rings. The van der Waals surface area contributed by atoms with E-state index in [1.54, 1.807) is 0 Å². The van der Waals surface area contributed by atoms with Gasteiger partial charge in [0.25, 0.3) is 5.91 Å². The lowest BCUT2D eigenvalue weighted by molar-refractivity contribution is 0.1000. The lowest BCUT2D eigenvalue weighted by Crippen LogP contribution is -2.10.